The van der Waals surface area contributed by atoms with Crippen LogP contribution in [-0.4, -0.2) is 29.0 Å². The highest BCUT2D eigenvalue weighted by molar-refractivity contribution is 6.00. The molecule has 0 unspecified atom stereocenters. The number of rotatable bonds is 6. The van der Waals surface area contributed by atoms with Gasteiger partial charge in [-0.1, -0.05) is 18.2 Å². The Morgan fingerprint density at radius 1 is 1.04 bits per heavy atom. The molecule has 0 saturated heterocycles. The summed E-state index contributed by atoms with van der Waals surface area (Å²) in [4.78, 5) is 33.7. The van der Waals surface area contributed by atoms with Crippen molar-refractivity contribution in [2.24, 2.45) is 5.10 Å². The van der Waals surface area contributed by atoms with E-state index in [0.29, 0.717) is 16.8 Å². The molecule has 128 valence electrons. The van der Waals surface area contributed by atoms with Crippen LogP contribution >= 0.6 is 0 Å². The van der Waals surface area contributed by atoms with Crippen LogP contribution in [0.25, 0.3) is 0 Å². The first-order chi connectivity index (χ1) is 12.0. The van der Waals surface area contributed by atoms with Crippen molar-refractivity contribution in [3.63, 3.8) is 0 Å². The molecule has 2 rings (SSSR count). The molecule has 2 N–H and O–H groups in total. The maximum Gasteiger partial charge on any atom is 0.269 e. The molecule has 0 aromatic heterocycles. The molecule has 0 spiro atoms. The number of carbonyl (C=O) groups excluding carboxylic acids is 2. The maximum absolute atomic E-state index is 11.8. The van der Waals surface area contributed by atoms with Crippen molar-refractivity contribution in [1.29, 1.82) is 0 Å². The highest BCUT2D eigenvalue weighted by Crippen LogP contribution is 2.12. The van der Waals surface area contributed by atoms with Gasteiger partial charge in [-0.3, -0.25) is 19.7 Å². The van der Waals surface area contributed by atoms with E-state index in [-0.39, 0.29) is 18.1 Å². The lowest BCUT2D eigenvalue weighted by Gasteiger charge is -2.05. The summed E-state index contributed by atoms with van der Waals surface area (Å²) in [6, 6.07) is 14.3. The van der Waals surface area contributed by atoms with Crippen molar-refractivity contribution in [2.75, 3.05) is 6.54 Å². The Morgan fingerprint density at radius 2 is 1.68 bits per heavy atom. The number of hydrogen-bond acceptors (Lipinski definition) is 5. The number of non-ortho nitro benzene ring substituents is 1. The second-order valence-corrected chi connectivity index (χ2v) is 5.08. The van der Waals surface area contributed by atoms with Crippen LogP contribution in [0.5, 0.6) is 0 Å². The van der Waals surface area contributed by atoms with E-state index in [0.717, 1.165) is 0 Å². The molecule has 0 aliphatic heterocycles. The molecule has 0 aliphatic rings. The van der Waals surface area contributed by atoms with Crippen LogP contribution in [0.1, 0.15) is 22.8 Å². The Kier molecular flexibility index (Phi) is 5.94. The molecular weight excluding hydrogens is 324 g/mol. The van der Waals surface area contributed by atoms with E-state index >= 15 is 0 Å². The molecule has 0 heterocycles. The molecule has 2 aromatic rings. The third-order valence-corrected chi connectivity index (χ3v) is 3.29. The Hall–Kier alpha value is -3.55. The van der Waals surface area contributed by atoms with E-state index < -0.39 is 10.8 Å². The zero-order chi connectivity index (χ0) is 18.2. The van der Waals surface area contributed by atoms with Crippen LogP contribution in [0, 0.1) is 10.1 Å². The van der Waals surface area contributed by atoms with Crippen LogP contribution in [0.15, 0.2) is 59.7 Å². The number of nitrogens with one attached hydrogen (secondary N) is 2. The third kappa shape index (κ3) is 5.24. The van der Waals surface area contributed by atoms with Gasteiger partial charge in [0, 0.05) is 17.7 Å². The normalized spacial score (nSPS) is 10.8. The lowest BCUT2D eigenvalue weighted by Crippen LogP contribution is -2.35. The average molecular weight is 340 g/mol. The van der Waals surface area contributed by atoms with Crippen molar-refractivity contribution in [2.45, 2.75) is 6.92 Å². The molecule has 0 atom stereocenters. The summed E-state index contributed by atoms with van der Waals surface area (Å²) in [5.74, 6) is -0.836. The number of carbonyl (C=O) groups is 2. The summed E-state index contributed by atoms with van der Waals surface area (Å²) in [5.41, 5.74) is 3.88. The van der Waals surface area contributed by atoms with Crippen molar-refractivity contribution in [3.8, 4) is 0 Å². The second-order valence-electron chi connectivity index (χ2n) is 5.08. The predicted molar refractivity (Wildman–Crippen MR) is 92.2 cm³/mol. The maximum atomic E-state index is 11.8. The van der Waals surface area contributed by atoms with E-state index in [1.807, 2.05) is 0 Å². The summed E-state index contributed by atoms with van der Waals surface area (Å²) >= 11 is 0. The summed E-state index contributed by atoms with van der Waals surface area (Å²) in [7, 11) is 0. The van der Waals surface area contributed by atoms with Gasteiger partial charge < -0.3 is 5.32 Å². The van der Waals surface area contributed by atoms with Crippen LogP contribution in [0.4, 0.5) is 5.69 Å². The Labute approximate surface area is 143 Å². The number of amides is 2. The number of nitrogens with zero attached hydrogens (tertiary/aromatic N) is 2. The molecule has 0 saturated carbocycles. The summed E-state index contributed by atoms with van der Waals surface area (Å²) < 4.78 is 0. The van der Waals surface area contributed by atoms with E-state index in [2.05, 4.69) is 15.8 Å². The number of nitro groups is 1. The van der Waals surface area contributed by atoms with Gasteiger partial charge in [0.1, 0.15) is 0 Å². The van der Waals surface area contributed by atoms with Crippen LogP contribution in [0.3, 0.4) is 0 Å². The first-order valence-corrected chi connectivity index (χ1v) is 7.38. The van der Waals surface area contributed by atoms with Crippen molar-refractivity contribution in [1.82, 2.24) is 10.7 Å². The van der Waals surface area contributed by atoms with Gasteiger partial charge in [0.2, 0.25) is 0 Å². The minimum atomic E-state index is -0.493. The van der Waals surface area contributed by atoms with Gasteiger partial charge in [0.05, 0.1) is 17.2 Å². The minimum absolute atomic E-state index is 0.0239. The van der Waals surface area contributed by atoms with Crippen LogP contribution in [-0.2, 0) is 4.79 Å². The predicted octanol–water partition coefficient (Wildman–Crippen LogP) is 1.86. The lowest BCUT2D eigenvalue weighted by atomic mass is 10.1. The monoisotopic (exact) mass is 340 g/mol. The first kappa shape index (κ1) is 17.8. The molecule has 2 aromatic carbocycles. The van der Waals surface area contributed by atoms with Gasteiger partial charge in [-0.25, -0.2) is 5.43 Å². The standard InChI is InChI=1S/C17H16N4O4/c1-12(13-7-9-15(10-8-13)21(24)25)19-20-16(22)11-18-17(23)14-5-3-2-4-6-14/h2-10H,11H2,1H3,(H,18,23)(H,20,22)/b19-12+. The molecule has 0 fully saturated rings. The minimum Gasteiger partial charge on any atom is -0.343 e. The van der Waals surface area contributed by atoms with E-state index in [1.165, 1.54) is 12.1 Å². The van der Waals surface area contributed by atoms with Crippen molar-refractivity contribution >= 4 is 23.2 Å². The number of nitro benzene ring substituents is 1. The first-order valence-electron chi connectivity index (χ1n) is 7.38. The largest absolute Gasteiger partial charge is 0.343 e. The zero-order valence-electron chi connectivity index (χ0n) is 13.4. The Bertz CT molecular complexity index is 801. The van der Waals surface area contributed by atoms with Gasteiger partial charge in [-0.2, -0.15) is 5.10 Å². The zero-order valence-corrected chi connectivity index (χ0v) is 13.4. The topological polar surface area (TPSA) is 114 Å². The van der Waals surface area contributed by atoms with Crippen molar-refractivity contribution < 1.29 is 14.5 Å². The van der Waals surface area contributed by atoms with Crippen molar-refractivity contribution in [3.05, 3.63) is 75.8 Å². The summed E-state index contributed by atoms with van der Waals surface area (Å²) in [6.45, 7) is 1.44. The Balaban J connectivity index is 1.86. The molecule has 8 nitrogen and oxygen atoms in total. The number of hydrogen-bond donors (Lipinski definition) is 2. The van der Waals surface area contributed by atoms with Crippen LogP contribution < -0.4 is 10.7 Å². The fourth-order valence-electron chi connectivity index (χ4n) is 1.93. The molecule has 8 heteroatoms. The Morgan fingerprint density at radius 3 is 2.28 bits per heavy atom. The molecular formula is C17H16N4O4. The summed E-state index contributed by atoms with van der Waals surface area (Å²) in [5, 5.41) is 17.0. The molecule has 0 radical (unpaired) electrons. The van der Waals surface area contributed by atoms with Gasteiger partial charge in [-0.05, 0) is 36.8 Å². The number of benzene rings is 2. The van der Waals surface area contributed by atoms with Gasteiger partial charge >= 0.3 is 0 Å². The molecule has 0 bridgehead atoms. The SMILES string of the molecule is C/C(=N\NC(=O)CNC(=O)c1ccccc1)c1ccc([N+](=O)[O-])cc1. The average Bonchev–Trinajstić information content (AvgIpc) is 2.64. The lowest BCUT2D eigenvalue weighted by molar-refractivity contribution is -0.384. The smallest absolute Gasteiger partial charge is 0.269 e. The highest BCUT2D eigenvalue weighted by atomic mass is 16.6. The molecule has 2 amide bonds. The second kappa shape index (κ2) is 8.34. The fourth-order valence-corrected chi connectivity index (χ4v) is 1.93. The number of hydrazone groups is 1. The summed E-state index contributed by atoms with van der Waals surface area (Å²) in [6.07, 6.45) is 0. The van der Waals surface area contributed by atoms with E-state index in [1.54, 1.807) is 49.4 Å². The van der Waals surface area contributed by atoms with E-state index in [4.69, 9.17) is 0 Å². The van der Waals surface area contributed by atoms with Gasteiger partial charge in [-0.15, -0.1) is 0 Å². The van der Waals surface area contributed by atoms with Gasteiger partial charge in [0.15, 0.2) is 0 Å². The molecule has 25 heavy (non-hydrogen) atoms. The van der Waals surface area contributed by atoms with E-state index in [9.17, 15) is 19.7 Å². The van der Waals surface area contributed by atoms with Gasteiger partial charge in [0.25, 0.3) is 17.5 Å². The fraction of sp³-hybridized carbons (Fsp3) is 0.118. The van der Waals surface area contributed by atoms with Crippen LogP contribution in [0.2, 0.25) is 0 Å². The quantitative estimate of drug-likeness (QED) is 0.474. The highest BCUT2D eigenvalue weighted by Gasteiger charge is 2.08. The third-order valence-electron chi connectivity index (χ3n) is 3.29. The molecule has 0 aliphatic carbocycles.